The highest BCUT2D eigenvalue weighted by Crippen LogP contribution is 2.27. The summed E-state index contributed by atoms with van der Waals surface area (Å²) in [7, 11) is -3.20. The third-order valence-electron chi connectivity index (χ3n) is 3.99. The Labute approximate surface area is 172 Å². The average molecular weight is 439 g/mol. The molecular weight excluding hydrogens is 416 g/mol. The number of aryl methyl sites for hydroxylation is 1. The van der Waals surface area contributed by atoms with Gasteiger partial charge in [0, 0.05) is 37.1 Å². The van der Waals surface area contributed by atoms with E-state index < -0.39 is 9.84 Å². The van der Waals surface area contributed by atoms with Gasteiger partial charge in [-0.05, 0) is 19.1 Å². The summed E-state index contributed by atoms with van der Waals surface area (Å²) in [6.07, 6.45) is 2.07. The fourth-order valence-corrected chi connectivity index (χ4v) is 4.84. The van der Waals surface area contributed by atoms with Gasteiger partial charge in [0.2, 0.25) is 5.13 Å². The van der Waals surface area contributed by atoms with Gasteiger partial charge in [-0.3, -0.25) is 0 Å². The van der Waals surface area contributed by atoms with Gasteiger partial charge < -0.3 is 9.88 Å². The molecule has 28 heavy (non-hydrogen) atoms. The second-order valence-corrected chi connectivity index (χ2v) is 10.0. The van der Waals surface area contributed by atoms with Gasteiger partial charge in [-0.25, -0.2) is 8.42 Å². The molecule has 2 heterocycles. The summed E-state index contributed by atoms with van der Waals surface area (Å²) in [6, 6.07) is 6.67. The SMILES string of the molecule is CCc1nnc(SCCNc2nnc(-c3ccc(S(C)(=O)=O)cc3)s2)n1CC. The second-order valence-electron chi connectivity index (χ2n) is 5.98. The number of sulfone groups is 1. The second kappa shape index (κ2) is 9.01. The molecule has 0 radical (unpaired) electrons. The number of hydrogen-bond donors (Lipinski definition) is 1. The fourth-order valence-electron chi connectivity index (χ4n) is 2.56. The molecule has 11 heteroatoms. The zero-order valence-corrected chi connectivity index (χ0v) is 18.4. The third-order valence-corrected chi connectivity index (χ3v) is 7.02. The Kier molecular flexibility index (Phi) is 6.68. The monoisotopic (exact) mass is 438 g/mol. The molecule has 2 aromatic heterocycles. The first kappa shape index (κ1) is 20.7. The van der Waals surface area contributed by atoms with E-state index in [1.807, 2.05) is 0 Å². The van der Waals surface area contributed by atoms with Gasteiger partial charge in [0.1, 0.15) is 10.8 Å². The molecule has 0 bridgehead atoms. The Morgan fingerprint density at radius 3 is 2.50 bits per heavy atom. The molecule has 3 aromatic rings. The molecule has 150 valence electrons. The Hall–Kier alpha value is -1.98. The van der Waals surface area contributed by atoms with E-state index in [0.717, 1.165) is 51.9 Å². The number of nitrogens with one attached hydrogen (secondary N) is 1. The average Bonchev–Trinajstić information content (AvgIpc) is 3.31. The van der Waals surface area contributed by atoms with E-state index >= 15 is 0 Å². The molecular formula is C17H22N6O2S3. The van der Waals surface area contributed by atoms with Crippen LogP contribution in [0.15, 0.2) is 34.3 Å². The van der Waals surface area contributed by atoms with Crippen LogP contribution in [0.4, 0.5) is 5.13 Å². The first-order valence-electron chi connectivity index (χ1n) is 8.85. The van der Waals surface area contributed by atoms with Crippen LogP contribution in [0.2, 0.25) is 0 Å². The maximum absolute atomic E-state index is 11.5. The van der Waals surface area contributed by atoms with E-state index in [9.17, 15) is 8.42 Å². The predicted octanol–water partition coefficient (Wildman–Crippen LogP) is 2.99. The van der Waals surface area contributed by atoms with Crippen LogP contribution < -0.4 is 5.32 Å². The van der Waals surface area contributed by atoms with Gasteiger partial charge in [-0.1, -0.05) is 42.2 Å². The van der Waals surface area contributed by atoms with Crippen molar-refractivity contribution in [3.63, 3.8) is 0 Å². The van der Waals surface area contributed by atoms with Gasteiger partial charge in [0.25, 0.3) is 0 Å². The van der Waals surface area contributed by atoms with Crippen molar-refractivity contribution in [2.75, 3.05) is 23.9 Å². The standard InChI is InChI=1S/C17H22N6O2S3/c1-4-14-19-22-17(23(14)5-2)26-11-10-18-16-21-20-15(27-16)12-6-8-13(9-7-12)28(3,24)25/h6-9H,4-5,10-11H2,1-3H3,(H,18,21). The Morgan fingerprint density at radius 2 is 1.86 bits per heavy atom. The predicted molar refractivity (Wildman–Crippen MR) is 113 cm³/mol. The van der Waals surface area contributed by atoms with Crippen LogP contribution >= 0.6 is 23.1 Å². The lowest BCUT2D eigenvalue weighted by molar-refractivity contribution is 0.602. The molecule has 0 unspecified atom stereocenters. The number of benzene rings is 1. The summed E-state index contributed by atoms with van der Waals surface area (Å²) < 4.78 is 25.2. The summed E-state index contributed by atoms with van der Waals surface area (Å²) in [5.74, 6) is 1.84. The summed E-state index contributed by atoms with van der Waals surface area (Å²) in [5.41, 5.74) is 0.843. The molecule has 0 amide bonds. The molecule has 1 N–H and O–H groups in total. The van der Waals surface area contributed by atoms with Crippen LogP contribution in [0.25, 0.3) is 10.6 Å². The zero-order valence-electron chi connectivity index (χ0n) is 15.9. The highest BCUT2D eigenvalue weighted by molar-refractivity contribution is 7.99. The van der Waals surface area contributed by atoms with Crippen molar-refractivity contribution in [1.82, 2.24) is 25.0 Å². The first-order chi connectivity index (χ1) is 13.4. The lowest BCUT2D eigenvalue weighted by Gasteiger charge is -2.06. The van der Waals surface area contributed by atoms with E-state index in [4.69, 9.17) is 0 Å². The topological polar surface area (TPSA) is 103 Å². The summed E-state index contributed by atoms with van der Waals surface area (Å²) >= 11 is 3.10. The molecule has 3 rings (SSSR count). The van der Waals surface area contributed by atoms with Crippen LogP contribution in [-0.2, 0) is 22.8 Å². The largest absolute Gasteiger partial charge is 0.359 e. The smallest absolute Gasteiger partial charge is 0.206 e. The normalized spacial score (nSPS) is 11.7. The Balaban J connectivity index is 1.55. The molecule has 0 saturated carbocycles. The molecule has 1 aromatic carbocycles. The molecule has 0 fully saturated rings. The number of anilines is 1. The highest BCUT2D eigenvalue weighted by atomic mass is 32.2. The number of nitrogens with zero attached hydrogens (tertiary/aromatic N) is 5. The Bertz CT molecular complexity index is 1030. The van der Waals surface area contributed by atoms with Gasteiger partial charge in [-0.2, -0.15) is 0 Å². The maximum atomic E-state index is 11.5. The maximum Gasteiger partial charge on any atom is 0.206 e. The van der Waals surface area contributed by atoms with Crippen LogP contribution in [0, 0.1) is 0 Å². The minimum absolute atomic E-state index is 0.294. The van der Waals surface area contributed by atoms with Crippen molar-refractivity contribution in [2.24, 2.45) is 0 Å². The van der Waals surface area contributed by atoms with Gasteiger partial charge in [0.15, 0.2) is 15.0 Å². The number of hydrogen-bond acceptors (Lipinski definition) is 9. The van der Waals surface area contributed by atoms with E-state index in [1.54, 1.807) is 36.0 Å². The van der Waals surface area contributed by atoms with E-state index in [-0.39, 0.29) is 0 Å². The molecule has 0 aliphatic heterocycles. The van der Waals surface area contributed by atoms with Gasteiger partial charge in [0.05, 0.1) is 4.90 Å². The summed E-state index contributed by atoms with van der Waals surface area (Å²) in [4.78, 5) is 0.294. The minimum Gasteiger partial charge on any atom is -0.359 e. The van der Waals surface area contributed by atoms with Crippen molar-refractivity contribution >= 4 is 38.1 Å². The van der Waals surface area contributed by atoms with Crippen LogP contribution in [0.1, 0.15) is 19.7 Å². The van der Waals surface area contributed by atoms with Crippen molar-refractivity contribution < 1.29 is 8.42 Å². The summed E-state index contributed by atoms with van der Waals surface area (Å²) in [5, 5.41) is 22.5. The van der Waals surface area contributed by atoms with Gasteiger partial charge in [-0.15, -0.1) is 20.4 Å². The van der Waals surface area contributed by atoms with Crippen molar-refractivity contribution in [2.45, 2.75) is 36.9 Å². The molecule has 0 saturated heterocycles. The third kappa shape index (κ3) is 4.89. The fraction of sp³-hybridized carbons (Fsp3) is 0.412. The van der Waals surface area contributed by atoms with E-state index in [1.165, 1.54) is 17.6 Å². The number of aromatic nitrogens is 5. The van der Waals surface area contributed by atoms with Gasteiger partial charge >= 0.3 is 0 Å². The van der Waals surface area contributed by atoms with Crippen LogP contribution in [-0.4, -0.2) is 51.9 Å². The minimum atomic E-state index is -3.20. The lowest BCUT2D eigenvalue weighted by atomic mass is 10.2. The Morgan fingerprint density at radius 1 is 1.11 bits per heavy atom. The lowest BCUT2D eigenvalue weighted by Crippen LogP contribution is -2.06. The molecule has 8 nitrogen and oxygen atoms in total. The number of thioether (sulfide) groups is 1. The first-order valence-corrected chi connectivity index (χ1v) is 12.5. The van der Waals surface area contributed by atoms with Crippen molar-refractivity contribution in [3.05, 3.63) is 30.1 Å². The van der Waals surface area contributed by atoms with E-state index in [0.29, 0.717) is 4.90 Å². The van der Waals surface area contributed by atoms with E-state index in [2.05, 4.69) is 44.1 Å². The van der Waals surface area contributed by atoms with Crippen LogP contribution in [0.3, 0.4) is 0 Å². The van der Waals surface area contributed by atoms with Crippen molar-refractivity contribution in [3.8, 4) is 10.6 Å². The molecule has 0 atom stereocenters. The molecule has 0 aliphatic carbocycles. The highest BCUT2D eigenvalue weighted by Gasteiger charge is 2.11. The summed E-state index contributed by atoms with van der Waals surface area (Å²) in [6.45, 7) is 5.76. The number of rotatable bonds is 9. The van der Waals surface area contributed by atoms with Crippen molar-refractivity contribution in [1.29, 1.82) is 0 Å². The quantitative estimate of drug-likeness (QED) is 0.402. The molecule has 0 aliphatic rings. The zero-order chi connectivity index (χ0) is 20.1. The molecule has 0 spiro atoms. The van der Waals surface area contributed by atoms with Crippen LogP contribution in [0.5, 0.6) is 0 Å².